The van der Waals surface area contributed by atoms with Crippen molar-refractivity contribution in [1.82, 2.24) is 18.8 Å². The number of rotatable bonds is 8. The van der Waals surface area contributed by atoms with Crippen LogP contribution in [0.2, 0.25) is 0 Å². The number of nitrogens with zero attached hydrogens (tertiary/aromatic N) is 4. The summed E-state index contributed by atoms with van der Waals surface area (Å²) in [5.74, 6) is 0.0877. The number of fused-ring (bicyclic) bond motifs is 1. The van der Waals surface area contributed by atoms with Crippen LogP contribution in [0.25, 0.3) is 33.4 Å². The summed E-state index contributed by atoms with van der Waals surface area (Å²) in [6, 6.07) is 14.9. The molecule has 0 fully saturated rings. The molecule has 5 aromatic rings. The number of carbonyl (C=O) groups is 1. The molecule has 0 aliphatic carbocycles. The first-order valence-electron chi connectivity index (χ1n) is 14.4. The summed E-state index contributed by atoms with van der Waals surface area (Å²) < 4.78 is 33.5. The molecule has 5 rings (SSSR count). The van der Waals surface area contributed by atoms with Crippen molar-refractivity contribution in [2.75, 3.05) is 20.7 Å². The second-order valence-corrected chi connectivity index (χ2v) is 12.7. The molecule has 45 heavy (non-hydrogen) atoms. The Bertz CT molecular complexity index is 2070. The van der Waals surface area contributed by atoms with E-state index in [1.807, 2.05) is 47.9 Å². The SMILES string of the molecule is CCOC(C)=O.CCc1nc2c(C)c(S(=O)(=O)N(C)C)c(C)nc2n1Cc1ccc(-c2ccccc2-c2c(O)c(=O)c2=O)cc1. The number of carbonyl (C=O) groups excluding carboxylic acids is 1. The standard InChI is InChI=1S/C29H28N4O5S.C4H8O2/c1-6-22-31-24-16(2)28(39(37,38)32(4)5)17(3)30-29(24)33(22)15-18-11-13-19(14-12-18)20-9-7-8-10-21(20)23-25(34)27(36)26(23)35;1-3-6-4(2)5/h7-14,34H,6,15H2,1-5H3;3H2,1-2H3. The number of ether oxygens (including phenoxy) is 1. The van der Waals surface area contributed by atoms with Gasteiger partial charge in [-0.15, -0.1) is 0 Å². The van der Waals surface area contributed by atoms with Gasteiger partial charge in [-0.25, -0.2) is 22.7 Å². The Hall–Kier alpha value is -4.68. The molecule has 0 unspecified atom stereocenters. The van der Waals surface area contributed by atoms with Gasteiger partial charge in [-0.2, -0.15) is 0 Å². The summed E-state index contributed by atoms with van der Waals surface area (Å²) in [5.41, 5.74) is 3.75. The van der Waals surface area contributed by atoms with Gasteiger partial charge in [-0.3, -0.25) is 14.4 Å². The fourth-order valence-corrected chi connectivity index (χ4v) is 6.47. The molecule has 0 aliphatic rings. The first-order chi connectivity index (χ1) is 21.2. The van der Waals surface area contributed by atoms with Crippen LogP contribution in [0.4, 0.5) is 0 Å². The fraction of sp³-hybridized carbons (Fsp3) is 0.303. The Morgan fingerprint density at radius 1 is 0.956 bits per heavy atom. The number of aryl methyl sites for hydroxylation is 3. The zero-order valence-corrected chi connectivity index (χ0v) is 27.2. The Kier molecular flexibility index (Phi) is 9.69. The van der Waals surface area contributed by atoms with E-state index in [1.165, 1.54) is 25.3 Å². The van der Waals surface area contributed by atoms with E-state index in [2.05, 4.69) is 9.72 Å². The van der Waals surface area contributed by atoms with E-state index in [0.29, 0.717) is 47.6 Å². The van der Waals surface area contributed by atoms with Crippen molar-refractivity contribution in [1.29, 1.82) is 0 Å². The third-order valence-corrected chi connectivity index (χ3v) is 9.49. The number of sulfonamides is 1. The van der Waals surface area contributed by atoms with Crippen molar-refractivity contribution >= 4 is 27.2 Å². The molecule has 0 bridgehead atoms. The normalized spacial score (nSPS) is 11.6. The third kappa shape index (κ3) is 6.29. The van der Waals surface area contributed by atoms with Crippen LogP contribution in [0, 0.1) is 13.8 Å². The maximum absolute atomic E-state index is 13.0. The quantitative estimate of drug-likeness (QED) is 0.197. The van der Waals surface area contributed by atoms with E-state index in [9.17, 15) is 27.9 Å². The Morgan fingerprint density at radius 2 is 1.58 bits per heavy atom. The topological polar surface area (TPSA) is 149 Å². The molecule has 0 saturated heterocycles. The van der Waals surface area contributed by atoms with Gasteiger partial charge in [0.2, 0.25) is 15.5 Å². The smallest absolute Gasteiger partial charge is 0.302 e. The van der Waals surface area contributed by atoms with Gasteiger partial charge in [0.25, 0.3) is 5.43 Å². The minimum absolute atomic E-state index is 0.0459. The van der Waals surface area contributed by atoms with Crippen LogP contribution in [0.3, 0.4) is 0 Å². The Balaban J connectivity index is 0.000000700. The molecule has 2 aromatic heterocycles. The van der Waals surface area contributed by atoms with Crippen LogP contribution in [-0.2, 0) is 32.5 Å². The van der Waals surface area contributed by atoms with Crippen molar-refractivity contribution in [3.05, 3.63) is 91.6 Å². The van der Waals surface area contributed by atoms with Crippen LogP contribution in [0.1, 0.15) is 43.4 Å². The lowest BCUT2D eigenvalue weighted by molar-refractivity contribution is -0.140. The largest absolute Gasteiger partial charge is 0.503 e. The molecule has 2 heterocycles. The Labute approximate surface area is 261 Å². The van der Waals surface area contributed by atoms with Crippen molar-refractivity contribution in [2.24, 2.45) is 0 Å². The number of aromatic hydroxyl groups is 1. The summed E-state index contributed by atoms with van der Waals surface area (Å²) in [6.45, 7) is 9.59. The van der Waals surface area contributed by atoms with E-state index in [-0.39, 0.29) is 16.4 Å². The van der Waals surface area contributed by atoms with Crippen LogP contribution >= 0.6 is 0 Å². The lowest BCUT2D eigenvalue weighted by Gasteiger charge is -2.16. The summed E-state index contributed by atoms with van der Waals surface area (Å²) >= 11 is 0. The van der Waals surface area contributed by atoms with Gasteiger partial charge in [0.1, 0.15) is 16.2 Å². The number of pyridine rings is 1. The molecule has 0 amide bonds. The first kappa shape index (κ1) is 33.2. The first-order valence-corrected chi connectivity index (χ1v) is 15.8. The predicted octanol–water partition coefficient (Wildman–Crippen LogP) is 4.11. The van der Waals surface area contributed by atoms with E-state index in [4.69, 9.17) is 4.98 Å². The van der Waals surface area contributed by atoms with E-state index >= 15 is 0 Å². The number of imidazole rings is 1. The maximum atomic E-state index is 13.0. The van der Waals surface area contributed by atoms with Crippen LogP contribution in [0.15, 0.2) is 63.0 Å². The molecule has 0 aliphatic heterocycles. The second-order valence-electron chi connectivity index (χ2n) is 10.6. The average Bonchev–Trinajstić information content (AvgIpc) is 3.35. The number of hydrogen-bond acceptors (Lipinski definition) is 9. The third-order valence-electron chi connectivity index (χ3n) is 7.41. The summed E-state index contributed by atoms with van der Waals surface area (Å²) in [5, 5.41) is 9.98. The highest BCUT2D eigenvalue weighted by Crippen LogP contribution is 2.35. The molecule has 236 valence electrons. The summed E-state index contributed by atoms with van der Waals surface area (Å²) in [7, 11) is -0.685. The summed E-state index contributed by atoms with van der Waals surface area (Å²) in [6.07, 6.45) is 0.640. The molecular formula is C33H36N4O7S. The molecule has 0 spiro atoms. The number of benzene rings is 2. The minimum atomic E-state index is -3.68. The van der Waals surface area contributed by atoms with E-state index in [1.54, 1.807) is 32.9 Å². The van der Waals surface area contributed by atoms with E-state index < -0.39 is 26.6 Å². The van der Waals surface area contributed by atoms with Crippen molar-refractivity contribution in [3.8, 4) is 28.0 Å². The van der Waals surface area contributed by atoms with Crippen LogP contribution in [0.5, 0.6) is 5.75 Å². The molecule has 0 saturated carbocycles. The average molecular weight is 633 g/mol. The molecular weight excluding hydrogens is 596 g/mol. The Morgan fingerprint density at radius 3 is 2.09 bits per heavy atom. The molecule has 1 N–H and O–H groups in total. The van der Waals surface area contributed by atoms with Gasteiger partial charge < -0.3 is 14.4 Å². The number of aromatic nitrogens is 3. The number of hydrogen-bond donors (Lipinski definition) is 1. The summed E-state index contributed by atoms with van der Waals surface area (Å²) in [4.78, 5) is 43.1. The van der Waals surface area contributed by atoms with Crippen LogP contribution < -0.4 is 10.9 Å². The monoisotopic (exact) mass is 632 g/mol. The molecule has 12 heteroatoms. The zero-order chi connectivity index (χ0) is 33.2. The molecule has 0 radical (unpaired) electrons. The van der Waals surface area contributed by atoms with E-state index in [0.717, 1.165) is 22.5 Å². The highest BCUT2D eigenvalue weighted by atomic mass is 32.2. The molecule has 3 aromatic carbocycles. The van der Waals surface area contributed by atoms with Crippen molar-refractivity contribution in [2.45, 2.75) is 52.5 Å². The van der Waals surface area contributed by atoms with Gasteiger partial charge in [0.05, 0.1) is 24.4 Å². The highest BCUT2D eigenvalue weighted by molar-refractivity contribution is 7.89. The maximum Gasteiger partial charge on any atom is 0.302 e. The molecule has 0 atom stereocenters. The van der Waals surface area contributed by atoms with Crippen molar-refractivity contribution < 1.29 is 23.1 Å². The van der Waals surface area contributed by atoms with Gasteiger partial charge in [0.15, 0.2) is 11.4 Å². The molecule has 11 nitrogen and oxygen atoms in total. The van der Waals surface area contributed by atoms with Gasteiger partial charge in [0, 0.05) is 33.0 Å². The highest BCUT2D eigenvalue weighted by Gasteiger charge is 2.27. The fourth-order valence-electron chi connectivity index (χ4n) is 5.20. The van der Waals surface area contributed by atoms with Gasteiger partial charge in [-0.05, 0) is 43.0 Å². The van der Waals surface area contributed by atoms with Gasteiger partial charge in [-0.1, -0.05) is 55.5 Å². The lowest BCUT2D eigenvalue weighted by Crippen LogP contribution is -2.31. The van der Waals surface area contributed by atoms with Crippen molar-refractivity contribution in [3.63, 3.8) is 0 Å². The minimum Gasteiger partial charge on any atom is -0.503 e. The second kappa shape index (κ2) is 13.1. The zero-order valence-electron chi connectivity index (χ0n) is 26.3. The van der Waals surface area contributed by atoms with Crippen LogP contribution in [-0.4, -0.2) is 59.0 Å². The lowest BCUT2D eigenvalue weighted by atomic mass is 9.91. The number of esters is 1. The van der Waals surface area contributed by atoms with Gasteiger partial charge >= 0.3 is 5.97 Å². The predicted molar refractivity (Wildman–Crippen MR) is 173 cm³/mol.